The zero-order chi connectivity index (χ0) is 10.8. The van der Waals surface area contributed by atoms with Crippen LogP contribution in [0.1, 0.15) is 25.6 Å². The van der Waals surface area contributed by atoms with Gasteiger partial charge in [-0.05, 0) is 12.5 Å². The number of thiazole rings is 1. The van der Waals surface area contributed by atoms with E-state index in [0.717, 1.165) is 13.1 Å². The van der Waals surface area contributed by atoms with Gasteiger partial charge in [0.2, 0.25) is 0 Å². The minimum absolute atomic E-state index is 0.337. The van der Waals surface area contributed by atoms with Crippen LogP contribution in [-0.2, 0) is 6.54 Å². The van der Waals surface area contributed by atoms with E-state index in [0.29, 0.717) is 9.88 Å². The van der Waals surface area contributed by atoms with E-state index in [1.54, 1.807) is 11.3 Å². The molecule has 0 radical (unpaired) electrons. The molecule has 0 aliphatic rings. The van der Waals surface area contributed by atoms with Crippen molar-refractivity contribution in [2.75, 3.05) is 13.6 Å². The van der Waals surface area contributed by atoms with E-state index in [-0.39, 0.29) is 0 Å². The first-order valence-electron chi connectivity index (χ1n) is 4.65. The molecule has 14 heavy (non-hydrogen) atoms. The second-order valence-corrected chi connectivity index (χ2v) is 6.51. The lowest BCUT2D eigenvalue weighted by molar-refractivity contribution is 0.222. The first-order chi connectivity index (χ1) is 6.37. The van der Waals surface area contributed by atoms with Gasteiger partial charge in [-0.25, -0.2) is 4.98 Å². The van der Waals surface area contributed by atoms with Gasteiger partial charge in [-0.2, -0.15) is 0 Å². The Morgan fingerprint density at radius 2 is 2.14 bits per heavy atom. The maximum atomic E-state index is 5.77. The molecule has 0 N–H and O–H groups in total. The molecular weight excluding hydrogens is 216 g/mol. The van der Waals surface area contributed by atoms with Crippen molar-refractivity contribution in [2.24, 2.45) is 5.41 Å². The van der Waals surface area contributed by atoms with E-state index >= 15 is 0 Å². The quantitative estimate of drug-likeness (QED) is 0.795. The van der Waals surface area contributed by atoms with Crippen molar-refractivity contribution in [1.82, 2.24) is 9.88 Å². The summed E-state index contributed by atoms with van der Waals surface area (Å²) < 4.78 is 0.629. The molecule has 0 saturated carbocycles. The number of halogens is 1. The van der Waals surface area contributed by atoms with Gasteiger partial charge in [0.05, 0.1) is 0 Å². The maximum Gasteiger partial charge on any atom is 0.183 e. The van der Waals surface area contributed by atoms with E-state index in [1.165, 1.54) is 4.88 Å². The smallest absolute Gasteiger partial charge is 0.183 e. The molecule has 2 nitrogen and oxygen atoms in total. The average molecular weight is 233 g/mol. The van der Waals surface area contributed by atoms with Crippen molar-refractivity contribution in [2.45, 2.75) is 27.3 Å². The summed E-state index contributed by atoms with van der Waals surface area (Å²) in [6.45, 7) is 8.72. The van der Waals surface area contributed by atoms with Crippen molar-refractivity contribution in [1.29, 1.82) is 0 Å². The topological polar surface area (TPSA) is 16.1 Å². The molecule has 0 bridgehead atoms. The van der Waals surface area contributed by atoms with Crippen molar-refractivity contribution < 1.29 is 0 Å². The summed E-state index contributed by atoms with van der Waals surface area (Å²) in [6.07, 6.45) is 1.85. The third kappa shape index (κ3) is 4.40. The predicted octanol–water partition coefficient (Wildman–Crippen LogP) is 3.27. The molecule has 1 aromatic rings. The van der Waals surface area contributed by atoms with Gasteiger partial charge in [-0.1, -0.05) is 32.4 Å². The fourth-order valence-electron chi connectivity index (χ4n) is 1.49. The molecule has 0 aliphatic heterocycles. The van der Waals surface area contributed by atoms with Crippen LogP contribution < -0.4 is 0 Å². The zero-order valence-corrected chi connectivity index (χ0v) is 10.7. The third-order valence-electron chi connectivity index (χ3n) is 1.70. The van der Waals surface area contributed by atoms with Gasteiger partial charge in [0, 0.05) is 24.2 Å². The Bertz CT molecular complexity index is 291. The molecule has 0 aliphatic carbocycles. The van der Waals surface area contributed by atoms with Crippen LogP contribution in [0.3, 0.4) is 0 Å². The molecular formula is C10H17ClN2S. The third-order valence-corrected chi connectivity index (χ3v) is 2.79. The van der Waals surface area contributed by atoms with Gasteiger partial charge in [-0.3, -0.25) is 0 Å². The molecule has 0 atom stereocenters. The normalized spacial score (nSPS) is 12.4. The second kappa shape index (κ2) is 4.60. The van der Waals surface area contributed by atoms with Crippen LogP contribution >= 0.6 is 22.9 Å². The molecule has 0 amide bonds. The number of nitrogens with zero attached hydrogens (tertiary/aromatic N) is 2. The molecule has 0 fully saturated rings. The van der Waals surface area contributed by atoms with Gasteiger partial charge in [0.1, 0.15) is 0 Å². The fourth-order valence-corrected chi connectivity index (χ4v) is 2.55. The lowest BCUT2D eigenvalue weighted by Gasteiger charge is -2.25. The highest BCUT2D eigenvalue weighted by Crippen LogP contribution is 2.21. The van der Waals surface area contributed by atoms with Gasteiger partial charge in [0.15, 0.2) is 4.47 Å². The van der Waals surface area contributed by atoms with Crippen molar-refractivity contribution in [3.05, 3.63) is 15.5 Å². The monoisotopic (exact) mass is 232 g/mol. The lowest BCUT2D eigenvalue weighted by atomic mass is 9.96. The number of aromatic nitrogens is 1. The molecule has 0 spiro atoms. The fraction of sp³-hybridized carbons (Fsp3) is 0.700. The van der Waals surface area contributed by atoms with Gasteiger partial charge in [0.25, 0.3) is 0 Å². The van der Waals surface area contributed by atoms with E-state index in [9.17, 15) is 0 Å². The molecule has 0 unspecified atom stereocenters. The Labute approximate surface area is 94.9 Å². The Balaban J connectivity index is 2.45. The first kappa shape index (κ1) is 12.0. The van der Waals surface area contributed by atoms with Gasteiger partial charge >= 0.3 is 0 Å². The summed E-state index contributed by atoms with van der Waals surface area (Å²) in [6, 6.07) is 0. The summed E-state index contributed by atoms with van der Waals surface area (Å²) in [5, 5.41) is 0. The van der Waals surface area contributed by atoms with Crippen LogP contribution in [0, 0.1) is 5.41 Å². The van der Waals surface area contributed by atoms with Crippen LogP contribution in [0.25, 0.3) is 0 Å². The zero-order valence-electron chi connectivity index (χ0n) is 9.17. The highest BCUT2D eigenvalue weighted by atomic mass is 35.5. The number of rotatable bonds is 3. The van der Waals surface area contributed by atoms with Crippen molar-refractivity contribution in [3.8, 4) is 0 Å². The van der Waals surface area contributed by atoms with E-state index in [4.69, 9.17) is 11.6 Å². The number of hydrogen-bond donors (Lipinski definition) is 0. The van der Waals surface area contributed by atoms with Crippen molar-refractivity contribution >= 4 is 22.9 Å². The summed E-state index contributed by atoms with van der Waals surface area (Å²) >= 11 is 7.32. The maximum absolute atomic E-state index is 5.77. The predicted molar refractivity (Wildman–Crippen MR) is 62.9 cm³/mol. The molecule has 1 rings (SSSR count). The summed E-state index contributed by atoms with van der Waals surface area (Å²) in [5.74, 6) is 0. The first-order valence-corrected chi connectivity index (χ1v) is 5.85. The number of hydrogen-bond acceptors (Lipinski definition) is 3. The van der Waals surface area contributed by atoms with Crippen LogP contribution in [-0.4, -0.2) is 23.5 Å². The van der Waals surface area contributed by atoms with Crippen LogP contribution in [0.2, 0.25) is 4.47 Å². The Morgan fingerprint density at radius 1 is 1.50 bits per heavy atom. The largest absolute Gasteiger partial charge is 0.301 e. The average Bonchev–Trinajstić information content (AvgIpc) is 2.30. The Kier molecular flexibility index (Phi) is 3.93. The highest BCUT2D eigenvalue weighted by Gasteiger charge is 2.14. The van der Waals surface area contributed by atoms with E-state index in [2.05, 4.69) is 37.7 Å². The summed E-state index contributed by atoms with van der Waals surface area (Å²) in [4.78, 5) is 7.54. The Hall–Kier alpha value is -0.120. The molecule has 1 aromatic heterocycles. The molecule has 0 aromatic carbocycles. The Morgan fingerprint density at radius 3 is 2.57 bits per heavy atom. The van der Waals surface area contributed by atoms with Crippen LogP contribution in [0.15, 0.2) is 6.20 Å². The van der Waals surface area contributed by atoms with Crippen molar-refractivity contribution in [3.63, 3.8) is 0 Å². The van der Waals surface area contributed by atoms with Gasteiger partial charge < -0.3 is 4.90 Å². The molecule has 0 saturated heterocycles. The van der Waals surface area contributed by atoms with Gasteiger partial charge in [-0.15, -0.1) is 11.3 Å². The summed E-state index contributed by atoms with van der Waals surface area (Å²) in [7, 11) is 2.12. The van der Waals surface area contributed by atoms with Crippen LogP contribution in [0.5, 0.6) is 0 Å². The second-order valence-electron chi connectivity index (χ2n) is 4.81. The standard InChI is InChI=1S/C10H17ClN2S/c1-10(2,3)7-13(4)6-8-5-12-9(11)14-8/h5H,6-7H2,1-4H3. The summed E-state index contributed by atoms with van der Waals surface area (Å²) in [5.41, 5.74) is 0.337. The molecule has 80 valence electrons. The SMILES string of the molecule is CN(Cc1cnc(Cl)s1)CC(C)(C)C. The highest BCUT2D eigenvalue weighted by molar-refractivity contribution is 7.15. The minimum atomic E-state index is 0.337. The van der Waals surface area contributed by atoms with Crippen LogP contribution in [0.4, 0.5) is 0 Å². The van der Waals surface area contributed by atoms with E-state index in [1.807, 2.05) is 6.20 Å². The lowest BCUT2D eigenvalue weighted by Crippen LogP contribution is -2.28. The molecule has 1 heterocycles. The van der Waals surface area contributed by atoms with E-state index < -0.39 is 0 Å². The molecule has 4 heteroatoms. The minimum Gasteiger partial charge on any atom is -0.301 e.